The maximum absolute atomic E-state index is 13.6. The Morgan fingerprint density at radius 2 is 1.97 bits per heavy atom. The molecular weight excluding hydrogens is 468 g/mol. The van der Waals surface area contributed by atoms with Crippen LogP contribution in [-0.4, -0.2) is 83.3 Å². The Hall–Kier alpha value is -3.29. The molecule has 4 aliphatic rings. The van der Waals surface area contributed by atoms with Gasteiger partial charge in [-0.25, -0.2) is 15.0 Å². The van der Waals surface area contributed by atoms with Crippen LogP contribution in [0.15, 0.2) is 24.7 Å². The molecule has 194 valence electrons. The van der Waals surface area contributed by atoms with Gasteiger partial charge in [-0.1, -0.05) is 6.42 Å². The molecule has 6 rings (SSSR count). The van der Waals surface area contributed by atoms with Crippen LogP contribution in [0.4, 0.5) is 17.5 Å². The van der Waals surface area contributed by atoms with Crippen LogP contribution in [0.5, 0.6) is 0 Å². The minimum atomic E-state index is -0.770. The minimum Gasteiger partial charge on any atom is -0.367 e. The minimum absolute atomic E-state index is 0.0121. The lowest BCUT2D eigenvalue weighted by atomic mass is 9.66. The van der Waals surface area contributed by atoms with Gasteiger partial charge in [0.05, 0.1) is 11.6 Å². The zero-order valence-electron chi connectivity index (χ0n) is 21.8. The van der Waals surface area contributed by atoms with Crippen LogP contribution in [0.1, 0.15) is 50.7 Å². The Kier molecular flexibility index (Phi) is 5.81. The monoisotopic (exact) mass is 502 g/mol. The number of carbonyl (C=O) groups is 1. The fraction of sp³-hybridized carbons (Fsp3) is 0.593. The van der Waals surface area contributed by atoms with Crippen LogP contribution in [0.25, 0.3) is 0 Å². The van der Waals surface area contributed by atoms with Crippen LogP contribution < -0.4 is 15.1 Å². The van der Waals surface area contributed by atoms with Crippen molar-refractivity contribution in [1.29, 1.82) is 5.26 Å². The summed E-state index contributed by atoms with van der Waals surface area (Å²) in [6.45, 7) is 7.75. The van der Waals surface area contributed by atoms with Crippen LogP contribution in [0.2, 0.25) is 0 Å². The number of fused-ring (bicyclic) bond motifs is 2. The lowest BCUT2D eigenvalue weighted by molar-refractivity contribution is -0.156. The summed E-state index contributed by atoms with van der Waals surface area (Å²) in [5.74, 6) is 2.69. The first-order chi connectivity index (χ1) is 17.9. The summed E-state index contributed by atoms with van der Waals surface area (Å²) in [5.41, 5.74) is 0.998. The summed E-state index contributed by atoms with van der Waals surface area (Å²) in [6.07, 6.45) is 7.37. The van der Waals surface area contributed by atoms with Crippen molar-refractivity contribution in [1.82, 2.24) is 25.2 Å². The Balaban J connectivity index is 1.33. The van der Waals surface area contributed by atoms with Gasteiger partial charge in [0.1, 0.15) is 23.8 Å². The number of nitrogens with zero attached hydrogens (tertiary/aromatic N) is 7. The Morgan fingerprint density at radius 1 is 1.16 bits per heavy atom. The zero-order valence-corrected chi connectivity index (χ0v) is 21.8. The first kappa shape index (κ1) is 24.1. The number of anilines is 3. The van der Waals surface area contributed by atoms with Crippen molar-refractivity contribution in [3.8, 4) is 6.07 Å². The van der Waals surface area contributed by atoms with Gasteiger partial charge in [0.15, 0.2) is 5.60 Å². The highest BCUT2D eigenvalue weighted by molar-refractivity contribution is 5.87. The molecule has 0 aromatic carbocycles. The van der Waals surface area contributed by atoms with Gasteiger partial charge in [-0.15, -0.1) is 0 Å². The van der Waals surface area contributed by atoms with Crippen LogP contribution in [0.3, 0.4) is 0 Å². The van der Waals surface area contributed by atoms with Gasteiger partial charge < -0.3 is 24.8 Å². The van der Waals surface area contributed by atoms with Gasteiger partial charge >= 0.3 is 0 Å². The molecule has 0 radical (unpaired) electrons. The third-order valence-electron chi connectivity index (χ3n) is 8.93. The van der Waals surface area contributed by atoms with Gasteiger partial charge in [-0.05, 0) is 51.8 Å². The molecule has 10 nitrogen and oxygen atoms in total. The van der Waals surface area contributed by atoms with Crippen molar-refractivity contribution in [2.75, 3.05) is 49.6 Å². The van der Waals surface area contributed by atoms with Crippen molar-refractivity contribution < 1.29 is 9.53 Å². The Labute approximate surface area is 217 Å². The van der Waals surface area contributed by atoms with E-state index in [0.717, 1.165) is 43.4 Å². The number of amides is 1. The lowest BCUT2D eigenvalue weighted by Gasteiger charge is -2.48. The van der Waals surface area contributed by atoms with E-state index in [9.17, 15) is 10.1 Å². The molecule has 3 fully saturated rings. The molecule has 10 heteroatoms. The summed E-state index contributed by atoms with van der Waals surface area (Å²) in [4.78, 5) is 34.3. The average molecular weight is 503 g/mol. The molecule has 1 spiro atoms. The first-order valence-corrected chi connectivity index (χ1v) is 13.2. The smallest absolute Gasteiger partial charge is 0.256 e. The second-order valence-corrected chi connectivity index (χ2v) is 11.1. The molecule has 1 saturated carbocycles. The predicted octanol–water partition coefficient (Wildman–Crippen LogP) is 2.12. The number of carbonyl (C=O) groups excluding carboxylic acids is 1. The molecule has 2 aromatic heterocycles. The van der Waals surface area contributed by atoms with Gasteiger partial charge in [-0.3, -0.25) is 4.79 Å². The van der Waals surface area contributed by atoms with E-state index in [1.165, 1.54) is 12.0 Å². The third kappa shape index (κ3) is 3.67. The molecule has 1 aliphatic carbocycles. The molecule has 3 aliphatic heterocycles. The molecule has 37 heavy (non-hydrogen) atoms. The highest BCUT2D eigenvalue weighted by atomic mass is 16.5. The van der Waals surface area contributed by atoms with Gasteiger partial charge in [0.2, 0.25) is 0 Å². The second kappa shape index (κ2) is 8.92. The summed E-state index contributed by atoms with van der Waals surface area (Å²) < 4.78 is 5.77. The van der Waals surface area contributed by atoms with E-state index in [4.69, 9.17) is 14.7 Å². The van der Waals surface area contributed by atoms with E-state index < -0.39 is 5.60 Å². The number of nitrogens with one attached hydrogen (secondary N) is 1. The zero-order chi connectivity index (χ0) is 25.8. The number of rotatable bonds is 4. The first-order valence-electron chi connectivity index (χ1n) is 13.2. The van der Waals surface area contributed by atoms with Crippen LogP contribution in [0, 0.1) is 11.3 Å². The largest absolute Gasteiger partial charge is 0.367 e. The molecule has 0 unspecified atom stereocenters. The van der Waals surface area contributed by atoms with Gasteiger partial charge in [0.25, 0.3) is 5.91 Å². The van der Waals surface area contributed by atoms with Crippen molar-refractivity contribution in [2.45, 2.75) is 62.6 Å². The number of nitriles is 1. The summed E-state index contributed by atoms with van der Waals surface area (Å²) in [6, 6.07) is 5.90. The Bertz CT molecular complexity index is 1250. The van der Waals surface area contributed by atoms with E-state index in [1.807, 2.05) is 11.0 Å². The highest BCUT2D eigenvalue weighted by Gasteiger charge is 2.52. The maximum Gasteiger partial charge on any atom is 0.256 e. The number of ether oxygens (including phenoxy) is 1. The standard InChI is InChI=1S/C27H34N8O2/c1-18-14-34(25(36)27(37-3)8-10-29-15-27)19(2)13-33(18)23-22-24(32-17-31-23)35(16-26(22)6-4-7-26)21-11-20(12-28)5-9-30-21/h5,9,11,17-19,29H,4,6-8,10,13-16H2,1-3H3/t18-,19+,27+/m0/s1. The molecular formula is C27H34N8O2. The van der Waals surface area contributed by atoms with Crippen molar-refractivity contribution in [2.24, 2.45) is 0 Å². The normalized spacial score (nSPS) is 28.2. The van der Waals surface area contributed by atoms with Crippen LogP contribution in [-0.2, 0) is 14.9 Å². The topological polar surface area (TPSA) is 111 Å². The summed E-state index contributed by atoms with van der Waals surface area (Å²) >= 11 is 0. The fourth-order valence-electron chi connectivity index (χ4n) is 6.64. The quantitative estimate of drug-likeness (QED) is 0.672. The van der Waals surface area contributed by atoms with E-state index in [-0.39, 0.29) is 23.4 Å². The molecule has 2 aromatic rings. The molecule has 2 saturated heterocycles. The number of methoxy groups -OCH3 is 1. The average Bonchev–Trinajstić information content (AvgIpc) is 3.53. The number of pyridine rings is 1. The molecule has 1 N–H and O–H groups in total. The van der Waals surface area contributed by atoms with Crippen molar-refractivity contribution >= 4 is 23.4 Å². The third-order valence-corrected chi connectivity index (χ3v) is 8.93. The predicted molar refractivity (Wildman–Crippen MR) is 139 cm³/mol. The van der Waals surface area contributed by atoms with Crippen molar-refractivity contribution in [3.05, 3.63) is 35.8 Å². The van der Waals surface area contributed by atoms with E-state index >= 15 is 0 Å². The van der Waals surface area contributed by atoms with Gasteiger partial charge in [-0.2, -0.15) is 5.26 Å². The van der Waals surface area contributed by atoms with Crippen LogP contribution >= 0.6 is 0 Å². The van der Waals surface area contributed by atoms with E-state index in [0.29, 0.717) is 31.6 Å². The van der Waals surface area contributed by atoms with E-state index in [1.54, 1.807) is 25.7 Å². The second-order valence-electron chi connectivity index (χ2n) is 11.1. The summed E-state index contributed by atoms with van der Waals surface area (Å²) in [7, 11) is 1.64. The fourth-order valence-corrected chi connectivity index (χ4v) is 6.64. The van der Waals surface area contributed by atoms with Crippen molar-refractivity contribution in [3.63, 3.8) is 0 Å². The number of hydrogen-bond acceptors (Lipinski definition) is 9. The van der Waals surface area contributed by atoms with Gasteiger partial charge in [0, 0.05) is 62.5 Å². The number of aromatic nitrogens is 3. The number of piperazine rings is 1. The molecule has 5 heterocycles. The SMILES string of the molecule is CO[C@]1(C(=O)N2C[C@H](C)N(c3ncnc4c3C3(CCC3)CN4c3cc(C#N)ccn3)C[C@H]2C)CCNC1. The molecule has 1 amide bonds. The maximum atomic E-state index is 13.6. The number of hydrogen-bond donors (Lipinski definition) is 1. The lowest BCUT2D eigenvalue weighted by Crippen LogP contribution is -2.63. The Morgan fingerprint density at radius 3 is 2.65 bits per heavy atom. The highest BCUT2D eigenvalue weighted by Crippen LogP contribution is 2.56. The molecule has 0 bridgehead atoms. The molecule has 3 atom stereocenters. The van der Waals surface area contributed by atoms with E-state index in [2.05, 4.69) is 40.0 Å². The summed E-state index contributed by atoms with van der Waals surface area (Å²) in [5, 5.41) is 12.7.